The number of halogens is 3. The Labute approximate surface area is 151 Å². The molecule has 0 radical (unpaired) electrons. The lowest BCUT2D eigenvalue weighted by atomic mass is 9.78. The Hall–Kier alpha value is -1.21. The van der Waals surface area contributed by atoms with Crippen LogP contribution in [-0.2, 0) is 17.7 Å². The van der Waals surface area contributed by atoms with Gasteiger partial charge in [0, 0.05) is 5.03 Å². The third-order valence-corrected chi connectivity index (χ3v) is 6.45. The van der Waals surface area contributed by atoms with Gasteiger partial charge in [-0.15, -0.1) is 23.2 Å². The molecule has 116 valence electrons. The van der Waals surface area contributed by atoms with Crippen LogP contribution in [0, 0.1) is 0 Å². The molecule has 0 aliphatic heterocycles. The Morgan fingerprint density at radius 3 is 2.39 bits per heavy atom. The Bertz CT molecular complexity index is 835. The first-order valence-electron chi connectivity index (χ1n) is 7.65. The molecule has 2 unspecified atom stereocenters. The van der Waals surface area contributed by atoms with Crippen LogP contribution in [0.5, 0.6) is 0 Å². The Kier molecular flexibility index (Phi) is 3.80. The van der Waals surface area contributed by atoms with Gasteiger partial charge in [0.1, 0.15) is 4.87 Å². The van der Waals surface area contributed by atoms with Crippen LogP contribution in [0.1, 0.15) is 27.8 Å². The fourth-order valence-electron chi connectivity index (χ4n) is 3.54. The summed E-state index contributed by atoms with van der Waals surface area (Å²) in [5, 5.41) is 0.123. The van der Waals surface area contributed by atoms with Crippen LogP contribution in [0.15, 0.2) is 65.7 Å². The van der Waals surface area contributed by atoms with Gasteiger partial charge in [-0.2, -0.15) is 0 Å². The topological polar surface area (TPSA) is 0 Å². The molecule has 2 atom stereocenters. The van der Waals surface area contributed by atoms with Crippen molar-refractivity contribution in [3.05, 3.63) is 93.5 Å². The van der Waals surface area contributed by atoms with Crippen molar-refractivity contribution in [2.75, 3.05) is 0 Å². The minimum Gasteiger partial charge on any atom is -0.114 e. The molecule has 0 spiro atoms. The van der Waals surface area contributed by atoms with Gasteiger partial charge in [0.25, 0.3) is 0 Å². The Morgan fingerprint density at radius 1 is 0.913 bits per heavy atom. The molecular weight excluding hydrogens is 347 g/mol. The van der Waals surface area contributed by atoms with Gasteiger partial charge in [-0.3, -0.25) is 0 Å². The zero-order valence-corrected chi connectivity index (χ0v) is 14.7. The molecular formula is C20H15Cl3. The lowest BCUT2D eigenvalue weighted by Gasteiger charge is -2.35. The molecule has 2 aliphatic rings. The van der Waals surface area contributed by atoms with Crippen LogP contribution in [-0.4, -0.2) is 5.38 Å². The highest BCUT2D eigenvalue weighted by atomic mass is 35.5. The quantitative estimate of drug-likeness (QED) is 0.472. The number of hydrogen-bond acceptors (Lipinski definition) is 0. The maximum Gasteiger partial charge on any atom is 0.109 e. The molecule has 2 aromatic carbocycles. The van der Waals surface area contributed by atoms with E-state index in [4.69, 9.17) is 34.8 Å². The van der Waals surface area contributed by atoms with Crippen molar-refractivity contribution in [2.45, 2.75) is 23.1 Å². The van der Waals surface area contributed by atoms with Crippen molar-refractivity contribution < 1.29 is 0 Å². The summed E-state index contributed by atoms with van der Waals surface area (Å²) in [5.74, 6) is 0. The van der Waals surface area contributed by atoms with E-state index in [1.807, 2.05) is 18.2 Å². The minimum atomic E-state index is -0.801. The third kappa shape index (κ3) is 2.45. The van der Waals surface area contributed by atoms with Crippen molar-refractivity contribution in [1.82, 2.24) is 0 Å². The molecule has 4 rings (SSSR count). The molecule has 0 aromatic heterocycles. The van der Waals surface area contributed by atoms with Gasteiger partial charge in [0.05, 0.1) is 5.38 Å². The molecule has 0 nitrogen and oxygen atoms in total. The lowest BCUT2D eigenvalue weighted by Crippen LogP contribution is -2.32. The predicted octanol–water partition coefficient (Wildman–Crippen LogP) is 5.92. The van der Waals surface area contributed by atoms with Gasteiger partial charge in [0.15, 0.2) is 0 Å². The van der Waals surface area contributed by atoms with Gasteiger partial charge in [0.2, 0.25) is 0 Å². The number of fused-ring (bicyclic) bond motifs is 2. The summed E-state index contributed by atoms with van der Waals surface area (Å²) in [4.78, 5) is -0.801. The van der Waals surface area contributed by atoms with E-state index >= 15 is 0 Å². The molecule has 0 bridgehead atoms. The van der Waals surface area contributed by atoms with Crippen molar-refractivity contribution in [3.8, 4) is 0 Å². The van der Waals surface area contributed by atoms with Crippen LogP contribution in [0.3, 0.4) is 0 Å². The molecule has 2 aliphatic carbocycles. The normalized spacial score (nSPS) is 25.5. The van der Waals surface area contributed by atoms with E-state index in [9.17, 15) is 0 Å². The van der Waals surface area contributed by atoms with E-state index in [1.165, 1.54) is 22.3 Å². The molecule has 3 heteroatoms. The molecule has 0 saturated carbocycles. The maximum atomic E-state index is 6.97. The zero-order valence-electron chi connectivity index (χ0n) is 12.4. The van der Waals surface area contributed by atoms with Gasteiger partial charge >= 0.3 is 0 Å². The number of allylic oxidation sites excluding steroid dienone is 4. The van der Waals surface area contributed by atoms with Crippen molar-refractivity contribution in [3.63, 3.8) is 0 Å². The molecule has 23 heavy (non-hydrogen) atoms. The van der Waals surface area contributed by atoms with Crippen LogP contribution in [0.25, 0.3) is 0 Å². The molecule has 0 saturated heterocycles. The molecule has 0 fully saturated rings. The van der Waals surface area contributed by atoms with E-state index in [2.05, 4.69) is 42.5 Å². The van der Waals surface area contributed by atoms with Gasteiger partial charge in [-0.25, -0.2) is 0 Å². The third-order valence-electron chi connectivity index (χ3n) is 4.76. The summed E-state index contributed by atoms with van der Waals surface area (Å²) >= 11 is 19.8. The van der Waals surface area contributed by atoms with Gasteiger partial charge < -0.3 is 0 Å². The van der Waals surface area contributed by atoms with Crippen LogP contribution < -0.4 is 0 Å². The van der Waals surface area contributed by atoms with Crippen LogP contribution in [0.4, 0.5) is 0 Å². The summed E-state index contributed by atoms with van der Waals surface area (Å²) < 4.78 is 0. The second-order valence-corrected chi connectivity index (χ2v) is 7.61. The second-order valence-electron chi connectivity index (χ2n) is 6.11. The number of benzene rings is 2. The second kappa shape index (κ2) is 5.70. The van der Waals surface area contributed by atoms with E-state index in [0.717, 1.165) is 18.4 Å². The average Bonchev–Trinajstić information content (AvgIpc) is 2.57. The summed E-state index contributed by atoms with van der Waals surface area (Å²) in [7, 11) is 0. The standard InChI is InChI=1S/C20H15Cl3/c21-18-9-4-10-20(23,19(18)22)17-8-3-7-15-11-13-5-1-2-6-14(13)12-16(15)17/h1-10,19H,11-12H2. The van der Waals surface area contributed by atoms with Crippen molar-refractivity contribution in [2.24, 2.45) is 0 Å². The molecule has 0 N–H and O–H groups in total. The van der Waals surface area contributed by atoms with Crippen LogP contribution in [0.2, 0.25) is 0 Å². The fourth-order valence-corrected chi connectivity index (χ4v) is 4.47. The highest BCUT2D eigenvalue weighted by Crippen LogP contribution is 2.47. The number of alkyl halides is 2. The predicted molar refractivity (Wildman–Crippen MR) is 98.7 cm³/mol. The highest BCUT2D eigenvalue weighted by molar-refractivity contribution is 6.42. The van der Waals surface area contributed by atoms with Crippen molar-refractivity contribution in [1.29, 1.82) is 0 Å². The monoisotopic (exact) mass is 360 g/mol. The largest absolute Gasteiger partial charge is 0.114 e. The average molecular weight is 362 g/mol. The smallest absolute Gasteiger partial charge is 0.109 e. The number of rotatable bonds is 1. The fraction of sp³-hybridized carbons (Fsp3) is 0.200. The van der Waals surface area contributed by atoms with E-state index < -0.39 is 10.3 Å². The Balaban J connectivity index is 1.85. The first-order chi connectivity index (χ1) is 11.1. The van der Waals surface area contributed by atoms with E-state index in [0.29, 0.717) is 5.03 Å². The maximum absolute atomic E-state index is 6.97. The highest BCUT2D eigenvalue weighted by Gasteiger charge is 2.40. The SMILES string of the molecule is ClC1=CC=CC(Cl)(c2cccc3c2Cc2ccccc2C3)C1Cl. The summed E-state index contributed by atoms with van der Waals surface area (Å²) in [5.41, 5.74) is 6.42. The first-order valence-corrected chi connectivity index (χ1v) is 8.85. The zero-order chi connectivity index (χ0) is 16.0. The summed E-state index contributed by atoms with van der Waals surface area (Å²) in [6.45, 7) is 0. The summed E-state index contributed by atoms with van der Waals surface area (Å²) in [6, 6.07) is 14.9. The molecule has 0 amide bonds. The van der Waals surface area contributed by atoms with E-state index in [-0.39, 0.29) is 0 Å². The van der Waals surface area contributed by atoms with E-state index in [1.54, 1.807) is 0 Å². The molecule has 2 aromatic rings. The lowest BCUT2D eigenvalue weighted by molar-refractivity contribution is 0.745. The van der Waals surface area contributed by atoms with Crippen LogP contribution >= 0.6 is 34.8 Å². The first kappa shape index (κ1) is 15.3. The van der Waals surface area contributed by atoms with Gasteiger partial charge in [-0.1, -0.05) is 66.2 Å². The van der Waals surface area contributed by atoms with Gasteiger partial charge in [-0.05, 0) is 46.7 Å². The molecule has 0 heterocycles. The summed E-state index contributed by atoms with van der Waals surface area (Å²) in [6.07, 6.45) is 7.48. The van der Waals surface area contributed by atoms with Crippen molar-refractivity contribution >= 4 is 34.8 Å². The minimum absolute atomic E-state index is 0.459. The number of hydrogen-bond donors (Lipinski definition) is 0. The Morgan fingerprint density at radius 2 is 1.61 bits per heavy atom.